The molecule has 0 aromatic carbocycles. The molecule has 0 aromatic rings. The Morgan fingerprint density at radius 3 is 2.83 bits per heavy atom. The summed E-state index contributed by atoms with van der Waals surface area (Å²) in [5, 5.41) is 11.2. The molecule has 0 amide bonds. The summed E-state index contributed by atoms with van der Waals surface area (Å²) >= 11 is 0. The van der Waals surface area contributed by atoms with Gasteiger partial charge < -0.3 is 14.6 Å². The van der Waals surface area contributed by atoms with E-state index in [1.54, 1.807) is 0 Å². The van der Waals surface area contributed by atoms with Crippen molar-refractivity contribution in [1.82, 2.24) is 0 Å². The van der Waals surface area contributed by atoms with Gasteiger partial charge in [-0.2, -0.15) is 0 Å². The van der Waals surface area contributed by atoms with Crippen LogP contribution in [0, 0.1) is 34.0 Å². The molecule has 5 saturated carbocycles. The van der Waals surface area contributed by atoms with Gasteiger partial charge in [-0.25, -0.2) is 0 Å². The number of aliphatic hydroxyl groups excluding tert-OH is 1. The first-order valence-corrected chi connectivity index (χ1v) is 9.68. The van der Waals surface area contributed by atoms with Crippen molar-refractivity contribution in [3.63, 3.8) is 0 Å². The topological polar surface area (TPSA) is 55.8 Å². The predicted octanol–water partition coefficient (Wildman–Crippen LogP) is 2.80. The highest BCUT2D eigenvalue weighted by molar-refractivity contribution is 5.78. The largest absolute Gasteiger partial charge is 0.435 e. The molecule has 3 saturated heterocycles. The first kappa shape index (κ1) is 14.3. The first-order valence-electron chi connectivity index (χ1n) is 9.68. The standard InChI is InChI=1S/C20H26O4/c1-10-11-4-7-20(15(10)21)13(8-11)19-6-3-5-18(2)12(19)9-14(20)23-17(19)24-16(18)22/h11-15,17,21H,1,3-9H2,2H3/t11-,12+,13-,14?,15-,17?,18+,19-,20+/m0/s1. The number of aliphatic hydroxyl groups is 1. The zero-order valence-electron chi connectivity index (χ0n) is 14.3. The molecule has 1 N–H and O–H groups in total. The van der Waals surface area contributed by atoms with Gasteiger partial charge in [0.2, 0.25) is 6.29 Å². The van der Waals surface area contributed by atoms with Crippen LogP contribution in [0.1, 0.15) is 51.9 Å². The van der Waals surface area contributed by atoms with Crippen molar-refractivity contribution >= 4 is 5.97 Å². The van der Waals surface area contributed by atoms with E-state index < -0.39 is 6.10 Å². The van der Waals surface area contributed by atoms with Gasteiger partial charge in [-0.1, -0.05) is 13.0 Å². The van der Waals surface area contributed by atoms with Crippen molar-refractivity contribution in [1.29, 1.82) is 0 Å². The number of carbonyl (C=O) groups excluding carboxylic acids is 1. The summed E-state index contributed by atoms with van der Waals surface area (Å²) < 4.78 is 12.3. The summed E-state index contributed by atoms with van der Waals surface area (Å²) in [6.45, 7) is 6.36. The van der Waals surface area contributed by atoms with E-state index in [2.05, 4.69) is 13.5 Å². The van der Waals surface area contributed by atoms with Crippen LogP contribution in [0.25, 0.3) is 0 Å². The zero-order chi connectivity index (χ0) is 16.5. The predicted molar refractivity (Wildman–Crippen MR) is 85.7 cm³/mol. The Balaban J connectivity index is 1.57. The minimum absolute atomic E-state index is 0.0119. The van der Waals surface area contributed by atoms with Crippen LogP contribution in [0.2, 0.25) is 0 Å². The average Bonchev–Trinajstić information content (AvgIpc) is 2.58. The lowest BCUT2D eigenvalue weighted by Gasteiger charge is -2.77. The fourth-order valence-electron chi connectivity index (χ4n) is 8.29. The number of carbonyl (C=O) groups is 1. The molecule has 7 bridgehead atoms. The number of hydrogen-bond donors (Lipinski definition) is 1. The normalized spacial score (nSPS) is 63.1. The van der Waals surface area contributed by atoms with Crippen molar-refractivity contribution in [2.45, 2.75) is 70.4 Å². The molecular formula is C20H26O4. The highest BCUT2D eigenvalue weighted by Gasteiger charge is 2.80. The van der Waals surface area contributed by atoms with E-state index in [0.717, 1.165) is 50.5 Å². The monoisotopic (exact) mass is 330 g/mol. The maximum absolute atomic E-state index is 12.7. The van der Waals surface area contributed by atoms with Crippen molar-refractivity contribution < 1.29 is 19.4 Å². The van der Waals surface area contributed by atoms with Gasteiger partial charge in [0.1, 0.15) is 0 Å². The molecule has 130 valence electrons. The van der Waals surface area contributed by atoms with Crippen LogP contribution in [0.15, 0.2) is 12.2 Å². The first-order chi connectivity index (χ1) is 11.4. The lowest BCUT2D eigenvalue weighted by Crippen LogP contribution is -2.80. The van der Waals surface area contributed by atoms with Crippen LogP contribution in [0.5, 0.6) is 0 Å². The number of rotatable bonds is 0. The van der Waals surface area contributed by atoms with Crippen molar-refractivity contribution in [2.24, 2.45) is 34.0 Å². The fourth-order valence-corrected chi connectivity index (χ4v) is 8.29. The minimum atomic E-state index is -0.443. The number of esters is 1. The van der Waals surface area contributed by atoms with Crippen molar-refractivity contribution in [3.05, 3.63) is 12.2 Å². The summed E-state index contributed by atoms with van der Waals surface area (Å²) in [5.74, 6) is 1.16. The smallest absolute Gasteiger partial charge is 0.314 e. The quantitative estimate of drug-likeness (QED) is 0.548. The van der Waals surface area contributed by atoms with Crippen LogP contribution in [0.3, 0.4) is 0 Å². The van der Waals surface area contributed by atoms with E-state index in [9.17, 15) is 9.90 Å². The maximum atomic E-state index is 12.7. The van der Waals surface area contributed by atoms with Gasteiger partial charge in [-0.15, -0.1) is 0 Å². The van der Waals surface area contributed by atoms with Crippen molar-refractivity contribution in [3.8, 4) is 0 Å². The average molecular weight is 330 g/mol. The Kier molecular flexibility index (Phi) is 2.35. The lowest BCUT2D eigenvalue weighted by atomic mass is 9.33. The highest BCUT2D eigenvalue weighted by atomic mass is 16.7. The van der Waals surface area contributed by atoms with Crippen LogP contribution >= 0.6 is 0 Å². The molecular weight excluding hydrogens is 304 g/mol. The number of hydrogen-bond acceptors (Lipinski definition) is 4. The Hall–Kier alpha value is -0.870. The number of ether oxygens (including phenoxy) is 2. The Morgan fingerprint density at radius 1 is 1.17 bits per heavy atom. The minimum Gasteiger partial charge on any atom is -0.435 e. The summed E-state index contributed by atoms with van der Waals surface area (Å²) in [6.07, 6.45) is 6.47. The van der Waals surface area contributed by atoms with E-state index in [0.29, 0.717) is 17.8 Å². The second-order valence-electron chi connectivity index (χ2n) is 9.65. The summed E-state index contributed by atoms with van der Waals surface area (Å²) in [6, 6.07) is 0. The lowest BCUT2D eigenvalue weighted by molar-refractivity contribution is -0.416. The van der Waals surface area contributed by atoms with E-state index in [4.69, 9.17) is 9.47 Å². The van der Waals surface area contributed by atoms with Gasteiger partial charge >= 0.3 is 5.97 Å². The van der Waals surface area contributed by atoms with E-state index in [1.807, 2.05) is 0 Å². The van der Waals surface area contributed by atoms with Crippen LogP contribution in [-0.2, 0) is 14.3 Å². The Morgan fingerprint density at radius 2 is 2.00 bits per heavy atom. The van der Waals surface area contributed by atoms with Crippen LogP contribution in [-0.4, -0.2) is 29.6 Å². The molecule has 9 atom stereocenters. The van der Waals surface area contributed by atoms with E-state index >= 15 is 0 Å². The second kappa shape index (κ2) is 3.93. The summed E-state index contributed by atoms with van der Waals surface area (Å²) in [7, 11) is 0. The molecule has 2 unspecified atom stereocenters. The third-order valence-corrected chi connectivity index (χ3v) is 9.31. The molecule has 2 spiro atoms. The summed E-state index contributed by atoms with van der Waals surface area (Å²) in [5.41, 5.74) is 0.430. The highest BCUT2D eigenvalue weighted by Crippen LogP contribution is 2.77. The van der Waals surface area contributed by atoms with E-state index in [-0.39, 0.29) is 34.6 Å². The third kappa shape index (κ3) is 1.18. The Labute approximate surface area is 142 Å². The molecule has 8 fully saturated rings. The van der Waals surface area contributed by atoms with Crippen LogP contribution < -0.4 is 0 Å². The number of fused-ring (bicyclic) bond motifs is 2. The fraction of sp³-hybridized carbons (Fsp3) is 0.850. The third-order valence-electron chi connectivity index (χ3n) is 9.31. The molecule has 0 radical (unpaired) electrons. The Bertz CT molecular complexity index is 673. The second-order valence-corrected chi connectivity index (χ2v) is 9.65. The van der Waals surface area contributed by atoms with Crippen LogP contribution in [0.4, 0.5) is 0 Å². The molecule has 4 heteroatoms. The van der Waals surface area contributed by atoms with Gasteiger partial charge in [0, 0.05) is 10.8 Å². The van der Waals surface area contributed by atoms with Crippen molar-refractivity contribution in [2.75, 3.05) is 0 Å². The van der Waals surface area contributed by atoms with Gasteiger partial charge in [0.25, 0.3) is 0 Å². The zero-order valence-corrected chi connectivity index (χ0v) is 14.3. The molecule has 5 aliphatic carbocycles. The molecule has 8 rings (SSSR count). The molecule has 8 aliphatic rings. The molecule has 24 heavy (non-hydrogen) atoms. The summed E-state index contributed by atoms with van der Waals surface area (Å²) in [4.78, 5) is 12.7. The maximum Gasteiger partial charge on any atom is 0.314 e. The van der Waals surface area contributed by atoms with Gasteiger partial charge in [-0.3, -0.25) is 4.79 Å². The molecule has 4 nitrogen and oxygen atoms in total. The SMILES string of the molecule is C=C1[C@H]2CC[C@@]3(C4C[C@H]5[C@@]6(CCC[C@@]5(C)C(=O)OC6O4)[C@@H]3C2)[C@H]1O. The molecule has 3 heterocycles. The molecule has 3 aliphatic heterocycles. The van der Waals surface area contributed by atoms with Gasteiger partial charge in [0.15, 0.2) is 0 Å². The van der Waals surface area contributed by atoms with Gasteiger partial charge in [0.05, 0.1) is 17.6 Å². The molecule has 0 aromatic heterocycles. The van der Waals surface area contributed by atoms with Gasteiger partial charge in [-0.05, 0) is 68.8 Å². The van der Waals surface area contributed by atoms with E-state index in [1.165, 1.54) is 0 Å².